The highest BCUT2D eigenvalue weighted by Gasteiger charge is 2.19. The third-order valence-electron chi connectivity index (χ3n) is 2.57. The number of anilines is 1. The molecule has 0 aliphatic carbocycles. The van der Waals surface area contributed by atoms with E-state index in [1.807, 2.05) is 6.07 Å². The van der Waals surface area contributed by atoms with E-state index in [0.717, 1.165) is 4.47 Å². The van der Waals surface area contributed by atoms with Crippen LogP contribution in [0.15, 0.2) is 38.1 Å². The van der Waals surface area contributed by atoms with Gasteiger partial charge in [0.15, 0.2) is 0 Å². The number of carbonyl (C=O) groups excluding carboxylic acids is 1. The molecule has 0 atom stereocenters. The van der Waals surface area contributed by atoms with Gasteiger partial charge in [0, 0.05) is 17.2 Å². The quantitative estimate of drug-likeness (QED) is 0.925. The van der Waals surface area contributed by atoms with Gasteiger partial charge < -0.3 is 9.84 Å². The Bertz CT molecular complexity index is 658. The Hall–Kier alpha value is -1.82. The van der Waals surface area contributed by atoms with E-state index in [0.29, 0.717) is 11.4 Å². The monoisotopic (exact) mass is 310 g/mol. The lowest BCUT2D eigenvalue weighted by molar-refractivity contribution is 0.102. The van der Waals surface area contributed by atoms with E-state index in [4.69, 9.17) is 4.52 Å². The lowest BCUT2D eigenvalue weighted by Gasteiger charge is -2.03. The number of hydrogen-bond donors (Lipinski definition) is 1. The standard InChI is InChI=1S/C12H11BrN2O3/c1-7-10(12(17)18-15(7)2)11(16)14-9-5-3-4-8(13)6-9/h3-6H,1-2H3,(H,14,16). The predicted octanol–water partition coefficient (Wildman–Crippen LogP) is 2.30. The first-order valence-electron chi connectivity index (χ1n) is 5.23. The zero-order chi connectivity index (χ0) is 13.3. The van der Waals surface area contributed by atoms with Crippen LogP contribution in [-0.4, -0.2) is 10.6 Å². The Morgan fingerprint density at radius 3 is 2.72 bits per heavy atom. The van der Waals surface area contributed by atoms with Crippen LogP contribution in [0.4, 0.5) is 5.69 Å². The van der Waals surface area contributed by atoms with Gasteiger partial charge in [0.2, 0.25) is 0 Å². The first kappa shape index (κ1) is 12.6. The number of aryl methyl sites for hydroxylation is 1. The summed E-state index contributed by atoms with van der Waals surface area (Å²) < 4.78 is 6.94. The molecule has 0 saturated carbocycles. The van der Waals surface area contributed by atoms with Gasteiger partial charge in [-0.1, -0.05) is 22.0 Å². The van der Waals surface area contributed by atoms with Crippen LogP contribution in [0.3, 0.4) is 0 Å². The molecule has 0 radical (unpaired) electrons. The van der Waals surface area contributed by atoms with Gasteiger partial charge in [-0.3, -0.25) is 4.79 Å². The number of carbonyl (C=O) groups is 1. The van der Waals surface area contributed by atoms with Crippen molar-refractivity contribution in [2.45, 2.75) is 6.92 Å². The molecule has 2 aromatic rings. The molecule has 94 valence electrons. The van der Waals surface area contributed by atoms with Crippen LogP contribution in [0, 0.1) is 6.92 Å². The second-order valence-electron chi connectivity index (χ2n) is 3.80. The molecule has 0 aliphatic rings. The fraction of sp³-hybridized carbons (Fsp3) is 0.167. The molecule has 0 fully saturated rings. The van der Waals surface area contributed by atoms with Crippen LogP contribution in [0.5, 0.6) is 0 Å². The summed E-state index contributed by atoms with van der Waals surface area (Å²) in [6, 6.07) is 7.12. The van der Waals surface area contributed by atoms with Crippen molar-refractivity contribution < 1.29 is 9.32 Å². The lowest BCUT2D eigenvalue weighted by atomic mass is 10.2. The molecule has 0 unspecified atom stereocenters. The molecule has 6 heteroatoms. The number of benzene rings is 1. The van der Waals surface area contributed by atoms with Crippen molar-refractivity contribution >= 4 is 27.5 Å². The van der Waals surface area contributed by atoms with Gasteiger partial charge >= 0.3 is 5.63 Å². The Morgan fingerprint density at radius 2 is 2.17 bits per heavy atom. The maximum absolute atomic E-state index is 12.0. The van der Waals surface area contributed by atoms with Crippen molar-refractivity contribution in [3.8, 4) is 0 Å². The van der Waals surface area contributed by atoms with Crippen LogP contribution in [0.2, 0.25) is 0 Å². The predicted molar refractivity (Wildman–Crippen MR) is 70.8 cm³/mol. The van der Waals surface area contributed by atoms with E-state index < -0.39 is 11.5 Å². The van der Waals surface area contributed by atoms with Gasteiger partial charge in [0.05, 0.1) is 5.69 Å². The minimum atomic E-state index is -0.637. The van der Waals surface area contributed by atoms with Crippen LogP contribution in [0.1, 0.15) is 16.1 Å². The van der Waals surface area contributed by atoms with Crippen LogP contribution in [-0.2, 0) is 7.05 Å². The molecular weight excluding hydrogens is 300 g/mol. The van der Waals surface area contributed by atoms with Crippen molar-refractivity contribution in [3.05, 3.63) is 50.4 Å². The maximum Gasteiger partial charge on any atom is 0.370 e. The molecule has 0 bridgehead atoms. The third-order valence-corrected chi connectivity index (χ3v) is 3.06. The zero-order valence-corrected chi connectivity index (χ0v) is 11.4. The molecule has 1 amide bonds. The number of nitrogens with one attached hydrogen (secondary N) is 1. The summed E-state index contributed by atoms with van der Waals surface area (Å²) in [5.74, 6) is -0.472. The van der Waals surface area contributed by atoms with E-state index in [1.165, 1.54) is 4.74 Å². The van der Waals surface area contributed by atoms with Crippen molar-refractivity contribution in [3.63, 3.8) is 0 Å². The van der Waals surface area contributed by atoms with Gasteiger partial charge in [0.1, 0.15) is 5.56 Å². The number of amides is 1. The van der Waals surface area contributed by atoms with E-state index in [2.05, 4.69) is 21.2 Å². The molecule has 1 aromatic carbocycles. The highest BCUT2D eigenvalue weighted by molar-refractivity contribution is 9.10. The second-order valence-corrected chi connectivity index (χ2v) is 4.72. The van der Waals surface area contributed by atoms with E-state index in [9.17, 15) is 9.59 Å². The third kappa shape index (κ3) is 2.38. The summed E-state index contributed by atoms with van der Waals surface area (Å²) in [6.45, 7) is 1.65. The zero-order valence-electron chi connectivity index (χ0n) is 9.86. The van der Waals surface area contributed by atoms with E-state index >= 15 is 0 Å². The fourth-order valence-electron chi connectivity index (χ4n) is 1.56. The average Bonchev–Trinajstić information content (AvgIpc) is 2.53. The Kier molecular flexibility index (Phi) is 3.38. The smallest absolute Gasteiger partial charge is 0.336 e. The first-order valence-corrected chi connectivity index (χ1v) is 6.02. The molecule has 0 spiro atoms. The van der Waals surface area contributed by atoms with Crippen molar-refractivity contribution in [2.75, 3.05) is 5.32 Å². The minimum absolute atomic E-state index is 0.0254. The molecule has 1 N–H and O–H groups in total. The van der Waals surface area contributed by atoms with Gasteiger partial charge in [0.25, 0.3) is 5.91 Å². The van der Waals surface area contributed by atoms with Gasteiger partial charge in [-0.05, 0) is 25.1 Å². The molecule has 2 rings (SSSR count). The summed E-state index contributed by atoms with van der Waals surface area (Å²) in [4.78, 5) is 23.5. The summed E-state index contributed by atoms with van der Waals surface area (Å²) in [5, 5.41) is 2.65. The van der Waals surface area contributed by atoms with Gasteiger partial charge in [-0.25, -0.2) is 9.53 Å². The Labute approximate surface area is 111 Å². The topological polar surface area (TPSA) is 64.2 Å². The molecule has 1 heterocycles. The number of nitrogens with zero attached hydrogens (tertiary/aromatic N) is 1. The van der Waals surface area contributed by atoms with Crippen LogP contribution >= 0.6 is 15.9 Å². The number of rotatable bonds is 2. The molecule has 1 aromatic heterocycles. The summed E-state index contributed by atoms with van der Waals surface area (Å²) in [5.41, 5.74) is 0.490. The number of halogens is 1. The minimum Gasteiger partial charge on any atom is -0.336 e. The largest absolute Gasteiger partial charge is 0.370 e. The molecular formula is C12H11BrN2O3. The fourth-order valence-corrected chi connectivity index (χ4v) is 1.96. The van der Waals surface area contributed by atoms with Crippen LogP contribution < -0.4 is 10.9 Å². The van der Waals surface area contributed by atoms with Gasteiger partial charge in [-0.15, -0.1) is 0 Å². The summed E-state index contributed by atoms with van der Waals surface area (Å²) in [6.07, 6.45) is 0. The second kappa shape index (κ2) is 4.81. The van der Waals surface area contributed by atoms with Crippen molar-refractivity contribution in [1.29, 1.82) is 0 Å². The lowest BCUT2D eigenvalue weighted by Crippen LogP contribution is -2.19. The average molecular weight is 311 g/mol. The molecule has 0 aliphatic heterocycles. The molecule has 18 heavy (non-hydrogen) atoms. The summed E-state index contributed by atoms with van der Waals surface area (Å²) in [7, 11) is 1.58. The van der Waals surface area contributed by atoms with Gasteiger partial charge in [-0.2, -0.15) is 0 Å². The Morgan fingerprint density at radius 1 is 1.44 bits per heavy atom. The summed E-state index contributed by atoms with van der Waals surface area (Å²) >= 11 is 3.31. The van der Waals surface area contributed by atoms with E-state index in [-0.39, 0.29) is 5.56 Å². The van der Waals surface area contributed by atoms with Crippen molar-refractivity contribution in [1.82, 2.24) is 4.74 Å². The SMILES string of the molecule is Cc1c(C(=O)Nc2cccc(Br)c2)c(=O)on1C. The van der Waals surface area contributed by atoms with Crippen molar-refractivity contribution in [2.24, 2.45) is 7.05 Å². The maximum atomic E-state index is 12.0. The normalized spacial score (nSPS) is 10.4. The van der Waals surface area contributed by atoms with Crippen LogP contribution in [0.25, 0.3) is 0 Å². The highest BCUT2D eigenvalue weighted by Crippen LogP contribution is 2.16. The Balaban J connectivity index is 2.30. The number of hydrogen-bond acceptors (Lipinski definition) is 3. The van der Waals surface area contributed by atoms with E-state index in [1.54, 1.807) is 32.2 Å². The number of aromatic nitrogens is 1. The first-order chi connectivity index (χ1) is 8.49. The molecule has 0 saturated heterocycles. The molecule has 5 nitrogen and oxygen atoms in total. The highest BCUT2D eigenvalue weighted by atomic mass is 79.9.